The van der Waals surface area contributed by atoms with Crippen molar-refractivity contribution in [3.05, 3.63) is 24.3 Å². The predicted octanol–water partition coefficient (Wildman–Crippen LogP) is 2.49. The average Bonchev–Trinajstić information content (AvgIpc) is 2.68. The minimum atomic E-state index is -0.134. The topological polar surface area (TPSA) is 92.3 Å². The van der Waals surface area contributed by atoms with Gasteiger partial charge in [0.15, 0.2) is 5.96 Å². The summed E-state index contributed by atoms with van der Waals surface area (Å²) >= 11 is 0. The molecular weight excluding hydrogens is 487 g/mol. The lowest BCUT2D eigenvalue weighted by atomic mass is 9.98. The molecule has 1 aliphatic heterocycles. The van der Waals surface area contributed by atoms with Gasteiger partial charge in [-0.1, -0.05) is 6.07 Å². The lowest BCUT2D eigenvalue weighted by Gasteiger charge is -2.33. The summed E-state index contributed by atoms with van der Waals surface area (Å²) in [6, 6.07) is 7.26. The molecule has 0 aliphatic carbocycles. The van der Waals surface area contributed by atoms with Gasteiger partial charge in [-0.3, -0.25) is 14.6 Å². The van der Waals surface area contributed by atoms with E-state index in [0.717, 1.165) is 25.3 Å². The van der Waals surface area contributed by atoms with E-state index in [0.29, 0.717) is 37.7 Å². The Hall–Kier alpha value is -2.04. The van der Waals surface area contributed by atoms with Crippen LogP contribution < -0.4 is 15.4 Å². The molecule has 2 N–H and O–H groups in total. The van der Waals surface area contributed by atoms with Crippen LogP contribution in [-0.2, 0) is 14.3 Å². The molecule has 0 bridgehead atoms. The largest absolute Gasteiger partial charge is 0.492 e. The number of ether oxygens (including phenoxy) is 2. The number of likely N-dealkylation sites (tertiary alicyclic amines) is 1. The first kappa shape index (κ1) is 25.0. The predicted molar refractivity (Wildman–Crippen MR) is 124 cm³/mol. The van der Waals surface area contributed by atoms with Crippen molar-refractivity contribution in [1.29, 1.82) is 0 Å². The quantitative estimate of drug-likeness (QED) is 0.190. The van der Waals surface area contributed by atoms with E-state index >= 15 is 0 Å². The summed E-state index contributed by atoms with van der Waals surface area (Å²) in [5.74, 6) is 1.07. The van der Waals surface area contributed by atoms with Gasteiger partial charge >= 0.3 is 5.97 Å². The highest BCUT2D eigenvalue weighted by atomic mass is 127. The number of carbonyl (C=O) groups excluding carboxylic acids is 2. The number of rotatable bonds is 7. The van der Waals surface area contributed by atoms with E-state index in [2.05, 4.69) is 20.5 Å². The number of hydrogen-bond donors (Lipinski definition) is 2. The molecule has 1 aromatic carbocycles. The van der Waals surface area contributed by atoms with Gasteiger partial charge in [0, 0.05) is 38.8 Å². The van der Waals surface area contributed by atoms with Crippen LogP contribution in [0.5, 0.6) is 5.75 Å². The Morgan fingerprint density at radius 1 is 1.34 bits per heavy atom. The van der Waals surface area contributed by atoms with Gasteiger partial charge in [0.1, 0.15) is 12.4 Å². The number of anilines is 1. The van der Waals surface area contributed by atoms with Crippen molar-refractivity contribution in [3.8, 4) is 5.75 Å². The minimum Gasteiger partial charge on any atom is -0.492 e. The number of aliphatic imine (C=N–C) groups is 1. The Kier molecular flexibility index (Phi) is 11.4. The van der Waals surface area contributed by atoms with Crippen LogP contribution in [0.25, 0.3) is 0 Å². The van der Waals surface area contributed by atoms with Crippen LogP contribution >= 0.6 is 24.0 Å². The first-order valence-corrected chi connectivity index (χ1v) is 9.66. The Bertz CT molecular complexity index is 699. The molecule has 8 nitrogen and oxygen atoms in total. The molecule has 1 fully saturated rings. The molecular formula is C20H31IN4O4. The molecule has 162 valence electrons. The number of halogens is 1. The van der Waals surface area contributed by atoms with E-state index in [4.69, 9.17) is 9.47 Å². The smallest absolute Gasteiger partial charge is 0.310 e. The third kappa shape index (κ3) is 8.46. The molecule has 0 saturated carbocycles. The number of piperidine rings is 1. The second-order valence-electron chi connectivity index (χ2n) is 6.57. The van der Waals surface area contributed by atoms with Crippen LogP contribution in [0.4, 0.5) is 5.69 Å². The molecule has 2 rings (SSSR count). The second-order valence-corrected chi connectivity index (χ2v) is 6.57. The number of nitrogens with zero attached hydrogens (tertiary/aromatic N) is 2. The van der Waals surface area contributed by atoms with Crippen LogP contribution in [-0.4, -0.2) is 62.6 Å². The molecule has 1 saturated heterocycles. The van der Waals surface area contributed by atoms with Crippen LogP contribution in [0.15, 0.2) is 29.3 Å². The van der Waals surface area contributed by atoms with Crippen molar-refractivity contribution in [2.45, 2.75) is 26.7 Å². The second kappa shape index (κ2) is 13.2. The Morgan fingerprint density at radius 2 is 2.14 bits per heavy atom. The monoisotopic (exact) mass is 518 g/mol. The van der Waals surface area contributed by atoms with Crippen LogP contribution in [0.3, 0.4) is 0 Å². The van der Waals surface area contributed by atoms with Crippen LogP contribution in [0.2, 0.25) is 0 Å². The Morgan fingerprint density at radius 3 is 2.83 bits per heavy atom. The average molecular weight is 518 g/mol. The van der Waals surface area contributed by atoms with Gasteiger partial charge in [0.25, 0.3) is 0 Å². The molecule has 1 heterocycles. The van der Waals surface area contributed by atoms with Crippen molar-refractivity contribution in [2.75, 3.05) is 45.2 Å². The maximum absolute atomic E-state index is 12.0. The standard InChI is InChI=1S/C20H30N4O4.HI/c1-4-27-19(26)16-7-6-11-24(14-16)20(21-3)22-10-12-28-18-9-5-8-17(13-18)23-15(2)25;/h5,8-9,13,16H,4,6-7,10-12,14H2,1-3H3,(H,21,22)(H,23,25);1H. The molecule has 1 amide bonds. The molecule has 0 spiro atoms. The summed E-state index contributed by atoms with van der Waals surface area (Å²) in [5.41, 5.74) is 0.701. The molecule has 9 heteroatoms. The number of carbonyl (C=O) groups is 2. The van der Waals surface area contributed by atoms with Gasteiger partial charge in [0.05, 0.1) is 19.1 Å². The van der Waals surface area contributed by atoms with Crippen molar-refractivity contribution in [2.24, 2.45) is 10.9 Å². The van der Waals surface area contributed by atoms with E-state index < -0.39 is 0 Å². The first-order valence-electron chi connectivity index (χ1n) is 9.66. The number of hydrogen-bond acceptors (Lipinski definition) is 5. The highest BCUT2D eigenvalue weighted by Gasteiger charge is 2.28. The van der Waals surface area contributed by atoms with E-state index in [1.54, 1.807) is 13.1 Å². The third-order valence-corrected chi connectivity index (χ3v) is 4.36. The zero-order chi connectivity index (χ0) is 20.4. The van der Waals surface area contributed by atoms with Crippen molar-refractivity contribution < 1.29 is 19.1 Å². The zero-order valence-corrected chi connectivity index (χ0v) is 19.6. The summed E-state index contributed by atoms with van der Waals surface area (Å²) in [6.07, 6.45) is 1.77. The maximum atomic E-state index is 12.0. The number of benzene rings is 1. The summed E-state index contributed by atoms with van der Waals surface area (Å²) in [5, 5.41) is 6.01. The van der Waals surface area contributed by atoms with Crippen molar-refractivity contribution >= 4 is 47.5 Å². The van der Waals surface area contributed by atoms with E-state index in [1.165, 1.54) is 6.92 Å². The van der Waals surface area contributed by atoms with Gasteiger partial charge in [0.2, 0.25) is 5.91 Å². The highest BCUT2D eigenvalue weighted by molar-refractivity contribution is 14.0. The maximum Gasteiger partial charge on any atom is 0.310 e. The van der Waals surface area contributed by atoms with Gasteiger partial charge in [-0.25, -0.2) is 0 Å². The lowest BCUT2D eigenvalue weighted by Crippen LogP contribution is -2.49. The fraction of sp³-hybridized carbons (Fsp3) is 0.550. The van der Waals surface area contributed by atoms with Crippen molar-refractivity contribution in [1.82, 2.24) is 10.2 Å². The van der Waals surface area contributed by atoms with E-state index in [-0.39, 0.29) is 41.8 Å². The van der Waals surface area contributed by atoms with E-state index in [9.17, 15) is 9.59 Å². The fourth-order valence-corrected chi connectivity index (χ4v) is 3.15. The molecule has 0 radical (unpaired) electrons. The lowest BCUT2D eigenvalue weighted by molar-refractivity contribution is -0.149. The first-order chi connectivity index (χ1) is 13.5. The Balaban J connectivity index is 0.00000420. The minimum absolute atomic E-state index is 0. The molecule has 0 aromatic heterocycles. The molecule has 1 unspecified atom stereocenters. The van der Waals surface area contributed by atoms with Gasteiger partial charge in [-0.05, 0) is 31.9 Å². The summed E-state index contributed by atoms with van der Waals surface area (Å²) in [7, 11) is 1.73. The molecule has 1 aliphatic rings. The van der Waals surface area contributed by atoms with Gasteiger partial charge < -0.3 is 25.0 Å². The van der Waals surface area contributed by atoms with Crippen LogP contribution in [0, 0.1) is 5.92 Å². The summed E-state index contributed by atoms with van der Waals surface area (Å²) in [4.78, 5) is 29.6. The van der Waals surface area contributed by atoms with Crippen molar-refractivity contribution in [3.63, 3.8) is 0 Å². The van der Waals surface area contributed by atoms with E-state index in [1.807, 2.05) is 25.1 Å². The third-order valence-electron chi connectivity index (χ3n) is 4.36. The molecule has 1 atom stereocenters. The Labute approximate surface area is 189 Å². The normalized spacial score (nSPS) is 16.4. The zero-order valence-electron chi connectivity index (χ0n) is 17.3. The summed E-state index contributed by atoms with van der Waals surface area (Å²) in [6.45, 7) is 6.17. The van der Waals surface area contributed by atoms with Crippen LogP contribution in [0.1, 0.15) is 26.7 Å². The summed E-state index contributed by atoms with van der Waals surface area (Å²) < 4.78 is 10.9. The number of esters is 1. The fourth-order valence-electron chi connectivity index (χ4n) is 3.15. The highest BCUT2D eigenvalue weighted by Crippen LogP contribution is 2.18. The molecule has 1 aromatic rings. The number of amides is 1. The van der Waals surface area contributed by atoms with Gasteiger partial charge in [-0.2, -0.15) is 0 Å². The number of guanidine groups is 1. The SMILES string of the molecule is CCOC(=O)C1CCCN(C(=NC)NCCOc2cccc(NC(C)=O)c2)C1.I. The van der Waals surface area contributed by atoms with Gasteiger partial charge in [-0.15, -0.1) is 24.0 Å². The molecule has 29 heavy (non-hydrogen) atoms. The number of nitrogens with one attached hydrogen (secondary N) is 2.